The van der Waals surface area contributed by atoms with Gasteiger partial charge in [0.15, 0.2) is 0 Å². The normalized spacial score (nSPS) is 10.6. The van der Waals surface area contributed by atoms with Gasteiger partial charge >= 0.3 is 0 Å². The molecule has 2 N–H and O–H groups in total. The molecule has 0 radical (unpaired) electrons. The maximum absolute atomic E-state index is 6.01. The van der Waals surface area contributed by atoms with Gasteiger partial charge in [-0.25, -0.2) is 9.97 Å². The summed E-state index contributed by atoms with van der Waals surface area (Å²) in [6.45, 7) is 0. The van der Waals surface area contributed by atoms with Crippen LogP contribution in [0.25, 0.3) is 10.9 Å². The molecule has 5 nitrogen and oxygen atoms in total. The summed E-state index contributed by atoms with van der Waals surface area (Å²) >= 11 is 6.01. The summed E-state index contributed by atoms with van der Waals surface area (Å²) in [5, 5.41) is 8.26. The van der Waals surface area contributed by atoms with E-state index in [2.05, 4.69) is 25.6 Å². The van der Waals surface area contributed by atoms with Crippen LogP contribution in [0.2, 0.25) is 5.02 Å². The molecule has 25 heavy (non-hydrogen) atoms. The number of nitrogens with one attached hydrogen (secondary N) is 2. The average Bonchev–Trinajstić information content (AvgIpc) is 2.62. The van der Waals surface area contributed by atoms with Gasteiger partial charge in [-0.1, -0.05) is 35.9 Å². The molecule has 0 unspecified atom stereocenters. The van der Waals surface area contributed by atoms with Crippen LogP contribution in [0.3, 0.4) is 0 Å². The molecular weight excluding hydrogens is 334 g/mol. The molecule has 0 spiro atoms. The van der Waals surface area contributed by atoms with Crippen LogP contribution in [0, 0.1) is 0 Å². The van der Waals surface area contributed by atoms with Crippen LogP contribution in [0.5, 0.6) is 0 Å². The van der Waals surface area contributed by atoms with Crippen LogP contribution < -0.4 is 10.6 Å². The minimum atomic E-state index is 0.666. The van der Waals surface area contributed by atoms with Gasteiger partial charge in [-0.2, -0.15) is 0 Å². The fraction of sp³-hybridized carbons (Fsp3) is 0. The molecule has 4 rings (SSSR count). The van der Waals surface area contributed by atoms with Crippen molar-refractivity contribution < 1.29 is 0 Å². The lowest BCUT2D eigenvalue weighted by molar-refractivity contribution is 1.17. The molecule has 2 aromatic heterocycles. The molecule has 0 aliphatic carbocycles. The second-order valence-electron chi connectivity index (χ2n) is 5.43. The molecule has 0 saturated heterocycles. The van der Waals surface area contributed by atoms with E-state index < -0.39 is 0 Å². The van der Waals surface area contributed by atoms with Crippen molar-refractivity contribution in [1.82, 2.24) is 15.0 Å². The third-order valence-corrected chi connectivity index (χ3v) is 3.89. The number of hydrogen-bond donors (Lipinski definition) is 2. The summed E-state index contributed by atoms with van der Waals surface area (Å²) in [6, 6.07) is 19.2. The maximum atomic E-state index is 6.01. The molecule has 2 aromatic carbocycles. The number of para-hydroxylation sites is 1. The summed E-state index contributed by atoms with van der Waals surface area (Å²) in [5.41, 5.74) is 2.66. The summed E-state index contributed by atoms with van der Waals surface area (Å²) in [4.78, 5) is 13.0. The average molecular weight is 348 g/mol. The minimum Gasteiger partial charge on any atom is -0.340 e. The monoisotopic (exact) mass is 347 g/mol. The predicted molar refractivity (Wildman–Crippen MR) is 102 cm³/mol. The van der Waals surface area contributed by atoms with Gasteiger partial charge in [0, 0.05) is 28.4 Å². The number of benzene rings is 2. The van der Waals surface area contributed by atoms with Gasteiger partial charge < -0.3 is 10.6 Å². The number of pyridine rings is 1. The summed E-state index contributed by atoms with van der Waals surface area (Å²) in [5.74, 6) is 1.35. The Bertz CT molecular complexity index is 1030. The van der Waals surface area contributed by atoms with Gasteiger partial charge in [0.25, 0.3) is 0 Å². The van der Waals surface area contributed by atoms with Crippen LogP contribution in [-0.2, 0) is 0 Å². The smallest absolute Gasteiger partial charge is 0.135 e. The number of anilines is 4. The van der Waals surface area contributed by atoms with Crippen molar-refractivity contribution in [2.75, 3.05) is 10.6 Å². The molecule has 0 amide bonds. The van der Waals surface area contributed by atoms with E-state index >= 15 is 0 Å². The Morgan fingerprint density at radius 1 is 0.760 bits per heavy atom. The first-order chi connectivity index (χ1) is 12.3. The zero-order valence-corrected chi connectivity index (χ0v) is 13.9. The van der Waals surface area contributed by atoms with E-state index in [9.17, 15) is 0 Å². The van der Waals surface area contributed by atoms with Gasteiger partial charge in [-0.05, 0) is 30.3 Å². The van der Waals surface area contributed by atoms with Crippen molar-refractivity contribution in [3.8, 4) is 0 Å². The van der Waals surface area contributed by atoms with E-state index in [1.54, 1.807) is 6.20 Å². The standard InChI is InChI=1S/C19H14ClN5/c20-14-6-2-7-15(10-14)24-17-11-18(23-12-22-17)25-16-8-1-4-13-5-3-9-21-19(13)16/h1-12H,(H2,22,23,24,25). The number of nitrogens with zero attached hydrogens (tertiary/aromatic N) is 3. The van der Waals surface area contributed by atoms with Crippen molar-refractivity contribution in [3.63, 3.8) is 0 Å². The number of fused-ring (bicyclic) bond motifs is 1. The number of rotatable bonds is 4. The number of aromatic nitrogens is 3. The molecule has 0 fully saturated rings. The van der Waals surface area contributed by atoms with E-state index in [1.807, 2.05) is 60.7 Å². The largest absolute Gasteiger partial charge is 0.340 e. The van der Waals surface area contributed by atoms with Gasteiger partial charge in [-0.15, -0.1) is 0 Å². The number of halogens is 1. The molecule has 122 valence electrons. The van der Waals surface area contributed by atoms with Crippen molar-refractivity contribution in [3.05, 3.63) is 78.2 Å². The topological polar surface area (TPSA) is 62.7 Å². The summed E-state index contributed by atoms with van der Waals surface area (Å²) < 4.78 is 0. The lowest BCUT2D eigenvalue weighted by Gasteiger charge is -2.10. The molecule has 6 heteroatoms. The second-order valence-corrected chi connectivity index (χ2v) is 5.87. The first-order valence-corrected chi connectivity index (χ1v) is 8.11. The van der Waals surface area contributed by atoms with E-state index in [1.165, 1.54) is 6.33 Å². The van der Waals surface area contributed by atoms with Gasteiger partial charge in [0.05, 0.1) is 11.2 Å². The lowest BCUT2D eigenvalue weighted by atomic mass is 10.2. The highest BCUT2D eigenvalue weighted by molar-refractivity contribution is 6.30. The molecule has 0 aliphatic rings. The first-order valence-electron chi connectivity index (χ1n) is 7.73. The molecule has 4 aromatic rings. The Kier molecular flexibility index (Phi) is 4.14. The Labute approximate surface area is 149 Å². The van der Waals surface area contributed by atoms with Crippen molar-refractivity contribution >= 4 is 45.5 Å². The molecule has 0 bridgehead atoms. The van der Waals surface area contributed by atoms with Crippen LogP contribution >= 0.6 is 11.6 Å². The van der Waals surface area contributed by atoms with E-state index in [4.69, 9.17) is 11.6 Å². The third kappa shape index (κ3) is 3.51. The van der Waals surface area contributed by atoms with Gasteiger partial charge in [0.2, 0.25) is 0 Å². The molecule has 0 atom stereocenters. The molecule has 2 heterocycles. The van der Waals surface area contributed by atoms with Crippen LogP contribution in [0.1, 0.15) is 0 Å². The predicted octanol–water partition coefficient (Wildman–Crippen LogP) is 5.17. The van der Waals surface area contributed by atoms with Crippen molar-refractivity contribution in [2.45, 2.75) is 0 Å². The zero-order chi connectivity index (χ0) is 17.1. The highest BCUT2D eigenvalue weighted by atomic mass is 35.5. The minimum absolute atomic E-state index is 0.666. The van der Waals surface area contributed by atoms with E-state index in [0.717, 1.165) is 22.3 Å². The van der Waals surface area contributed by atoms with E-state index in [0.29, 0.717) is 16.7 Å². The van der Waals surface area contributed by atoms with Crippen molar-refractivity contribution in [1.29, 1.82) is 0 Å². The molecule has 0 saturated carbocycles. The quantitative estimate of drug-likeness (QED) is 0.533. The summed E-state index contributed by atoms with van der Waals surface area (Å²) in [7, 11) is 0. The van der Waals surface area contributed by atoms with Gasteiger partial charge in [0.1, 0.15) is 18.0 Å². The Morgan fingerprint density at radius 2 is 1.56 bits per heavy atom. The first kappa shape index (κ1) is 15.4. The summed E-state index contributed by atoms with van der Waals surface area (Å²) in [6.07, 6.45) is 3.29. The Balaban J connectivity index is 1.61. The fourth-order valence-electron chi connectivity index (χ4n) is 2.55. The van der Waals surface area contributed by atoms with Crippen LogP contribution in [-0.4, -0.2) is 15.0 Å². The fourth-order valence-corrected chi connectivity index (χ4v) is 2.74. The van der Waals surface area contributed by atoms with E-state index in [-0.39, 0.29) is 0 Å². The SMILES string of the molecule is Clc1cccc(Nc2cc(Nc3cccc4cccnc34)ncn2)c1. The molecule has 0 aliphatic heterocycles. The second kappa shape index (κ2) is 6.75. The molecular formula is C19H14ClN5. The van der Waals surface area contributed by atoms with Crippen LogP contribution in [0.4, 0.5) is 23.0 Å². The Hall–Kier alpha value is -3.18. The highest BCUT2D eigenvalue weighted by Gasteiger charge is 2.05. The lowest BCUT2D eigenvalue weighted by Crippen LogP contribution is -1.99. The van der Waals surface area contributed by atoms with Crippen LogP contribution in [0.15, 0.2) is 73.2 Å². The van der Waals surface area contributed by atoms with Crippen molar-refractivity contribution in [2.24, 2.45) is 0 Å². The maximum Gasteiger partial charge on any atom is 0.135 e. The third-order valence-electron chi connectivity index (χ3n) is 3.66. The Morgan fingerprint density at radius 3 is 2.44 bits per heavy atom. The highest BCUT2D eigenvalue weighted by Crippen LogP contribution is 2.25. The van der Waals surface area contributed by atoms with Gasteiger partial charge in [-0.3, -0.25) is 4.98 Å². The zero-order valence-electron chi connectivity index (χ0n) is 13.1. The number of hydrogen-bond acceptors (Lipinski definition) is 5.